The molecule has 0 saturated carbocycles. The molecule has 0 aliphatic carbocycles. The fraction of sp³-hybridized carbons (Fsp3) is 0.455. The van der Waals surface area contributed by atoms with Crippen LogP contribution in [0.2, 0.25) is 0 Å². The highest BCUT2D eigenvalue weighted by molar-refractivity contribution is 5.55. The van der Waals surface area contributed by atoms with Crippen LogP contribution in [0, 0.1) is 13.8 Å². The molecular formula is C11H13F4NO. The van der Waals surface area contributed by atoms with Crippen LogP contribution >= 0.6 is 0 Å². The van der Waals surface area contributed by atoms with Gasteiger partial charge in [0.1, 0.15) is 6.67 Å². The van der Waals surface area contributed by atoms with Crippen molar-refractivity contribution in [3.8, 4) is 0 Å². The van der Waals surface area contributed by atoms with E-state index in [1.165, 1.54) is 26.0 Å². The highest BCUT2D eigenvalue weighted by Gasteiger charge is 2.56. The summed E-state index contributed by atoms with van der Waals surface area (Å²) < 4.78 is 51.0. The summed E-state index contributed by atoms with van der Waals surface area (Å²) in [6.07, 6.45) is -5.09. The number of nitrogen functional groups attached to an aromatic ring is 1. The summed E-state index contributed by atoms with van der Waals surface area (Å²) in [4.78, 5) is 0. The predicted octanol–water partition coefficient (Wildman–Crippen LogP) is 2.61. The van der Waals surface area contributed by atoms with Crippen molar-refractivity contribution >= 4 is 5.69 Å². The van der Waals surface area contributed by atoms with E-state index in [1.54, 1.807) is 0 Å². The Hall–Kier alpha value is -1.30. The van der Waals surface area contributed by atoms with Gasteiger partial charge in [0, 0.05) is 11.3 Å². The maximum absolute atomic E-state index is 12.8. The summed E-state index contributed by atoms with van der Waals surface area (Å²) in [5.41, 5.74) is 1.75. The number of hydrogen-bond donors (Lipinski definition) is 2. The van der Waals surface area contributed by atoms with Gasteiger partial charge in [0.2, 0.25) is 5.60 Å². The second kappa shape index (κ2) is 4.18. The SMILES string of the molecule is Cc1ccc(N)c(C)c1C(O)(CF)C(F)(F)F. The van der Waals surface area contributed by atoms with Gasteiger partial charge in [0.15, 0.2) is 0 Å². The smallest absolute Gasteiger partial charge is 0.399 e. The van der Waals surface area contributed by atoms with Crippen molar-refractivity contribution < 1.29 is 22.7 Å². The van der Waals surface area contributed by atoms with E-state index in [1.807, 2.05) is 0 Å². The molecule has 0 radical (unpaired) electrons. The molecule has 3 N–H and O–H groups in total. The Balaban J connectivity index is 3.56. The van der Waals surface area contributed by atoms with Crippen LogP contribution in [0.3, 0.4) is 0 Å². The normalized spacial score (nSPS) is 15.7. The Morgan fingerprint density at radius 2 is 1.76 bits per heavy atom. The predicted molar refractivity (Wildman–Crippen MR) is 56.3 cm³/mol. The molecule has 17 heavy (non-hydrogen) atoms. The van der Waals surface area contributed by atoms with Gasteiger partial charge in [-0.3, -0.25) is 0 Å². The Morgan fingerprint density at radius 3 is 2.18 bits per heavy atom. The van der Waals surface area contributed by atoms with E-state index in [4.69, 9.17) is 5.73 Å². The number of anilines is 1. The van der Waals surface area contributed by atoms with Gasteiger partial charge in [-0.05, 0) is 31.0 Å². The standard InChI is InChI=1S/C11H13F4NO/c1-6-3-4-8(16)7(2)9(6)10(17,5-12)11(13,14)15/h3-4,17H,5,16H2,1-2H3. The summed E-state index contributed by atoms with van der Waals surface area (Å²) in [5.74, 6) is 0. The van der Waals surface area contributed by atoms with Crippen molar-refractivity contribution in [2.45, 2.75) is 25.6 Å². The first kappa shape index (κ1) is 13.8. The average molecular weight is 251 g/mol. The third-order valence-corrected chi connectivity index (χ3v) is 2.79. The molecular weight excluding hydrogens is 238 g/mol. The van der Waals surface area contributed by atoms with Gasteiger partial charge in [-0.1, -0.05) is 6.07 Å². The van der Waals surface area contributed by atoms with Crippen LogP contribution in [0.4, 0.5) is 23.2 Å². The minimum atomic E-state index is -5.09. The molecule has 0 fully saturated rings. The lowest BCUT2D eigenvalue weighted by Crippen LogP contribution is -2.45. The number of nitrogens with two attached hydrogens (primary N) is 1. The summed E-state index contributed by atoms with van der Waals surface area (Å²) in [7, 11) is 0. The van der Waals surface area contributed by atoms with Gasteiger partial charge in [-0.25, -0.2) is 4.39 Å². The molecule has 0 spiro atoms. The van der Waals surface area contributed by atoms with E-state index in [-0.39, 0.29) is 16.8 Å². The van der Waals surface area contributed by atoms with E-state index in [2.05, 4.69) is 0 Å². The Bertz CT molecular complexity index is 430. The van der Waals surface area contributed by atoms with E-state index in [0.29, 0.717) is 0 Å². The molecule has 1 aromatic carbocycles. The van der Waals surface area contributed by atoms with E-state index in [0.717, 1.165) is 0 Å². The zero-order chi connectivity index (χ0) is 13.4. The van der Waals surface area contributed by atoms with Gasteiger partial charge in [-0.15, -0.1) is 0 Å². The van der Waals surface area contributed by atoms with Crippen LogP contribution < -0.4 is 5.73 Å². The molecule has 0 amide bonds. The summed E-state index contributed by atoms with van der Waals surface area (Å²) in [5, 5.41) is 9.56. The van der Waals surface area contributed by atoms with E-state index in [9.17, 15) is 22.7 Å². The molecule has 1 unspecified atom stereocenters. The summed E-state index contributed by atoms with van der Waals surface area (Å²) in [6, 6.07) is 2.74. The lowest BCUT2D eigenvalue weighted by atomic mass is 9.86. The number of halogens is 4. The minimum absolute atomic E-state index is 0.0440. The first-order valence-electron chi connectivity index (χ1n) is 4.86. The molecule has 6 heteroatoms. The maximum Gasteiger partial charge on any atom is 0.424 e. The zero-order valence-electron chi connectivity index (χ0n) is 9.40. The second-order valence-electron chi connectivity index (χ2n) is 3.96. The molecule has 0 aliphatic heterocycles. The van der Waals surface area contributed by atoms with E-state index >= 15 is 0 Å². The molecule has 0 bridgehead atoms. The van der Waals surface area contributed by atoms with Crippen molar-refractivity contribution in [2.75, 3.05) is 12.4 Å². The molecule has 1 aromatic rings. The monoisotopic (exact) mass is 251 g/mol. The molecule has 0 saturated heterocycles. The van der Waals surface area contributed by atoms with Gasteiger partial charge in [0.25, 0.3) is 0 Å². The van der Waals surface area contributed by atoms with Crippen molar-refractivity contribution in [3.05, 3.63) is 28.8 Å². The van der Waals surface area contributed by atoms with Crippen molar-refractivity contribution in [2.24, 2.45) is 0 Å². The Kier molecular flexibility index (Phi) is 3.38. The number of rotatable bonds is 2. The van der Waals surface area contributed by atoms with Crippen LogP contribution in [0.15, 0.2) is 12.1 Å². The largest absolute Gasteiger partial charge is 0.424 e. The van der Waals surface area contributed by atoms with Crippen molar-refractivity contribution in [3.63, 3.8) is 0 Å². The molecule has 0 heterocycles. The highest BCUT2D eigenvalue weighted by Crippen LogP contribution is 2.43. The van der Waals surface area contributed by atoms with Gasteiger partial charge < -0.3 is 10.8 Å². The van der Waals surface area contributed by atoms with Crippen molar-refractivity contribution in [1.82, 2.24) is 0 Å². The lowest BCUT2D eigenvalue weighted by molar-refractivity contribution is -0.271. The summed E-state index contributed by atoms with van der Waals surface area (Å²) >= 11 is 0. The van der Waals surface area contributed by atoms with Crippen LogP contribution in [-0.2, 0) is 5.60 Å². The molecule has 1 atom stereocenters. The van der Waals surface area contributed by atoms with Gasteiger partial charge >= 0.3 is 6.18 Å². The minimum Gasteiger partial charge on any atom is -0.399 e. The second-order valence-corrected chi connectivity index (χ2v) is 3.96. The topological polar surface area (TPSA) is 46.2 Å². The van der Waals surface area contributed by atoms with Gasteiger partial charge in [0.05, 0.1) is 0 Å². The van der Waals surface area contributed by atoms with Crippen LogP contribution in [0.5, 0.6) is 0 Å². The molecule has 0 aromatic heterocycles. The first-order chi connectivity index (χ1) is 7.65. The third kappa shape index (κ3) is 2.09. The number of alkyl halides is 4. The fourth-order valence-electron chi connectivity index (χ4n) is 1.78. The molecule has 96 valence electrons. The Morgan fingerprint density at radius 1 is 1.24 bits per heavy atom. The molecule has 1 rings (SSSR count). The zero-order valence-corrected chi connectivity index (χ0v) is 9.40. The number of aliphatic hydroxyl groups is 1. The number of hydrogen-bond acceptors (Lipinski definition) is 2. The van der Waals surface area contributed by atoms with Crippen LogP contribution in [-0.4, -0.2) is 18.0 Å². The van der Waals surface area contributed by atoms with Crippen LogP contribution in [0.1, 0.15) is 16.7 Å². The number of aryl methyl sites for hydroxylation is 1. The lowest BCUT2D eigenvalue weighted by Gasteiger charge is -2.31. The first-order valence-corrected chi connectivity index (χ1v) is 4.86. The summed E-state index contributed by atoms with van der Waals surface area (Å²) in [6.45, 7) is 0.750. The van der Waals surface area contributed by atoms with Gasteiger partial charge in [-0.2, -0.15) is 13.2 Å². The van der Waals surface area contributed by atoms with Crippen molar-refractivity contribution in [1.29, 1.82) is 0 Å². The van der Waals surface area contributed by atoms with E-state index < -0.39 is 24.0 Å². The molecule has 0 aliphatic rings. The fourth-order valence-corrected chi connectivity index (χ4v) is 1.78. The molecule has 2 nitrogen and oxygen atoms in total. The Labute approximate surface area is 96.1 Å². The highest BCUT2D eigenvalue weighted by atomic mass is 19.4. The van der Waals surface area contributed by atoms with Crippen LogP contribution in [0.25, 0.3) is 0 Å². The quantitative estimate of drug-likeness (QED) is 0.627. The average Bonchev–Trinajstić information content (AvgIpc) is 2.22. The maximum atomic E-state index is 12.8. The number of benzene rings is 1. The third-order valence-electron chi connectivity index (χ3n) is 2.79.